The molecule has 0 aliphatic heterocycles. The summed E-state index contributed by atoms with van der Waals surface area (Å²) in [6.45, 7) is 6.31. The van der Waals surface area contributed by atoms with Gasteiger partial charge in [0.05, 0.1) is 20.0 Å². The first-order valence-corrected chi connectivity index (χ1v) is 11.1. The van der Waals surface area contributed by atoms with Gasteiger partial charge in [-0.2, -0.15) is 0 Å². The molecule has 0 radical (unpaired) electrons. The number of hydrogen-bond donors (Lipinski definition) is 1. The number of amides is 1. The number of hydrogen-bond acceptors (Lipinski definition) is 6. The van der Waals surface area contributed by atoms with Crippen molar-refractivity contribution in [1.82, 2.24) is 4.98 Å². The number of methoxy groups -OCH3 is 1. The lowest BCUT2D eigenvalue weighted by atomic mass is 9.96. The Morgan fingerprint density at radius 2 is 2.06 bits per heavy atom. The van der Waals surface area contributed by atoms with Crippen LogP contribution in [0.5, 0.6) is 11.5 Å². The van der Waals surface area contributed by atoms with Gasteiger partial charge in [-0.25, -0.2) is 4.98 Å². The number of aromatic nitrogens is 1. The Balaban J connectivity index is 1.80. The van der Waals surface area contributed by atoms with E-state index in [0.29, 0.717) is 17.5 Å². The Bertz CT molecular complexity index is 1270. The number of allylic oxidation sites excluding steroid dienone is 1. The van der Waals surface area contributed by atoms with Crippen LogP contribution < -0.4 is 14.8 Å². The highest BCUT2D eigenvalue weighted by Crippen LogP contribution is 2.41. The Morgan fingerprint density at radius 1 is 1.28 bits per heavy atom. The Morgan fingerprint density at radius 3 is 2.72 bits per heavy atom. The van der Waals surface area contributed by atoms with Gasteiger partial charge in [0.25, 0.3) is 0 Å². The number of nitrogens with one attached hydrogen (secondary N) is 1. The van der Waals surface area contributed by atoms with Gasteiger partial charge in [0.1, 0.15) is 17.1 Å². The van der Waals surface area contributed by atoms with E-state index in [4.69, 9.17) is 13.9 Å². The van der Waals surface area contributed by atoms with Gasteiger partial charge in [0, 0.05) is 39.7 Å². The SMILES string of the molecule is CCOc1c(/C(C)=C/C(=O)Nc2nccs2)cc2c(-c3ccc(OC)cc3)coc2c1C. The van der Waals surface area contributed by atoms with Gasteiger partial charge in [-0.3, -0.25) is 10.1 Å². The van der Waals surface area contributed by atoms with Crippen LogP contribution in [0.1, 0.15) is 25.0 Å². The van der Waals surface area contributed by atoms with Crippen molar-refractivity contribution < 1.29 is 18.7 Å². The molecule has 0 spiro atoms. The van der Waals surface area contributed by atoms with Crippen LogP contribution in [0.25, 0.3) is 27.7 Å². The lowest BCUT2D eigenvalue weighted by Gasteiger charge is -2.15. The molecular weight excluding hydrogens is 424 g/mol. The molecule has 0 atom stereocenters. The van der Waals surface area contributed by atoms with Crippen LogP contribution in [0.2, 0.25) is 0 Å². The normalized spacial score (nSPS) is 11.6. The third-order valence-corrected chi connectivity index (χ3v) is 5.86. The fraction of sp³-hybridized carbons (Fsp3) is 0.200. The van der Waals surface area contributed by atoms with Crippen molar-refractivity contribution in [2.45, 2.75) is 20.8 Å². The molecule has 1 amide bonds. The van der Waals surface area contributed by atoms with Crippen LogP contribution in [0.4, 0.5) is 5.13 Å². The summed E-state index contributed by atoms with van der Waals surface area (Å²) in [5.41, 5.74) is 5.28. The summed E-state index contributed by atoms with van der Waals surface area (Å²) in [6, 6.07) is 9.87. The van der Waals surface area contributed by atoms with Crippen molar-refractivity contribution in [3.05, 3.63) is 65.4 Å². The minimum Gasteiger partial charge on any atom is -0.497 e. The second kappa shape index (κ2) is 9.28. The van der Waals surface area contributed by atoms with Gasteiger partial charge < -0.3 is 13.9 Å². The van der Waals surface area contributed by atoms with E-state index in [1.165, 1.54) is 11.3 Å². The second-order valence-corrected chi connectivity index (χ2v) is 8.11. The number of furan rings is 1. The molecule has 0 saturated heterocycles. The summed E-state index contributed by atoms with van der Waals surface area (Å²) in [4.78, 5) is 16.6. The maximum absolute atomic E-state index is 12.5. The topological polar surface area (TPSA) is 73.6 Å². The number of thiazole rings is 1. The van der Waals surface area contributed by atoms with Gasteiger partial charge in [0.2, 0.25) is 5.91 Å². The van der Waals surface area contributed by atoms with Crippen molar-refractivity contribution in [2.75, 3.05) is 19.0 Å². The first-order chi connectivity index (χ1) is 15.5. The van der Waals surface area contributed by atoms with Crippen molar-refractivity contribution >= 4 is 38.9 Å². The molecule has 0 aliphatic carbocycles. The molecule has 0 bridgehead atoms. The standard InChI is InChI=1S/C25H24N2O4S/c1-5-30-23-16(3)24-20(21(14-31-24)17-6-8-18(29-4)9-7-17)13-19(23)15(2)12-22(28)27-25-26-10-11-32-25/h6-14H,5H2,1-4H3,(H,26,27,28)/b15-12+. The number of rotatable bonds is 7. The van der Waals surface area contributed by atoms with Crippen molar-refractivity contribution in [2.24, 2.45) is 0 Å². The van der Waals surface area contributed by atoms with Crippen LogP contribution in [0.15, 0.2) is 58.7 Å². The zero-order valence-corrected chi connectivity index (χ0v) is 19.2. The lowest BCUT2D eigenvalue weighted by molar-refractivity contribution is -0.111. The van der Waals surface area contributed by atoms with Crippen LogP contribution in [-0.4, -0.2) is 24.6 Å². The van der Waals surface area contributed by atoms with E-state index in [2.05, 4.69) is 10.3 Å². The Labute approximate surface area is 190 Å². The van der Waals surface area contributed by atoms with Gasteiger partial charge in [-0.15, -0.1) is 11.3 Å². The lowest BCUT2D eigenvalue weighted by Crippen LogP contribution is -2.08. The second-order valence-electron chi connectivity index (χ2n) is 7.22. The number of ether oxygens (including phenoxy) is 2. The third kappa shape index (κ3) is 4.24. The van der Waals surface area contributed by atoms with E-state index in [1.807, 2.05) is 56.5 Å². The molecule has 0 saturated carbocycles. The Kier molecular flexibility index (Phi) is 6.28. The molecule has 0 unspecified atom stereocenters. The highest BCUT2D eigenvalue weighted by molar-refractivity contribution is 7.13. The van der Waals surface area contributed by atoms with E-state index in [0.717, 1.165) is 44.5 Å². The third-order valence-electron chi connectivity index (χ3n) is 5.17. The minimum absolute atomic E-state index is 0.236. The van der Waals surface area contributed by atoms with Gasteiger partial charge in [-0.05, 0) is 50.1 Å². The fourth-order valence-electron chi connectivity index (χ4n) is 3.63. The van der Waals surface area contributed by atoms with Gasteiger partial charge >= 0.3 is 0 Å². The van der Waals surface area contributed by atoms with Crippen molar-refractivity contribution in [1.29, 1.82) is 0 Å². The van der Waals surface area contributed by atoms with E-state index in [9.17, 15) is 4.79 Å². The number of benzene rings is 2. The molecule has 7 heteroatoms. The molecule has 2 heterocycles. The van der Waals surface area contributed by atoms with Gasteiger partial charge in [-0.1, -0.05) is 12.1 Å². The van der Waals surface area contributed by atoms with Crippen LogP contribution >= 0.6 is 11.3 Å². The largest absolute Gasteiger partial charge is 0.497 e. The highest BCUT2D eigenvalue weighted by atomic mass is 32.1. The van der Waals surface area contributed by atoms with Gasteiger partial charge in [0.15, 0.2) is 5.13 Å². The number of fused-ring (bicyclic) bond motifs is 1. The average Bonchev–Trinajstić information content (AvgIpc) is 3.45. The van der Waals surface area contributed by atoms with E-state index in [1.54, 1.807) is 25.6 Å². The summed E-state index contributed by atoms with van der Waals surface area (Å²) in [5, 5.41) is 6.13. The van der Waals surface area contributed by atoms with Crippen molar-refractivity contribution in [3.8, 4) is 22.6 Å². The van der Waals surface area contributed by atoms with E-state index >= 15 is 0 Å². The van der Waals surface area contributed by atoms with Crippen LogP contribution in [0, 0.1) is 6.92 Å². The fourth-order valence-corrected chi connectivity index (χ4v) is 4.17. The molecule has 4 rings (SSSR count). The summed E-state index contributed by atoms with van der Waals surface area (Å²) >= 11 is 1.37. The molecule has 0 fully saturated rings. The monoisotopic (exact) mass is 448 g/mol. The number of carbonyl (C=O) groups is 1. The van der Waals surface area contributed by atoms with E-state index in [-0.39, 0.29) is 5.91 Å². The zero-order valence-electron chi connectivity index (χ0n) is 18.4. The first kappa shape index (κ1) is 21.6. The number of nitrogens with zero attached hydrogens (tertiary/aromatic N) is 1. The quantitative estimate of drug-likeness (QED) is 0.335. The molecule has 2 aromatic carbocycles. The van der Waals surface area contributed by atoms with Crippen LogP contribution in [0.3, 0.4) is 0 Å². The van der Waals surface area contributed by atoms with Crippen LogP contribution in [-0.2, 0) is 4.79 Å². The number of carbonyl (C=O) groups excluding carboxylic acids is 1. The number of anilines is 1. The molecular formula is C25H24N2O4S. The zero-order chi connectivity index (χ0) is 22.7. The Hall–Kier alpha value is -3.58. The highest BCUT2D eigenvalue weighted by Gasteiger charge is 2.19. The molecule has 6 nitrogen and oxygen atoms in total. The molecule has 4 aromatic rings. The molecule has 2 aromatic heterocycles. The molecule has 1 N–H and O–H groups in total. The predicted octanol–water partition coefficient (Wildman–Crippen LogP) is 6.31. The predicted molar refractivity (Wildman–Crippen MR) is 129 cm³/mol. The maximum atomic E-state index is 12.5. The number of aryl methyl sites for hydroxylation is 1. The average molecular weight is 449 g/mol. The smallest absolute Gasteiger partial charge is 0.250 e. The minimum atomic E-state index is -0.236. The summed E-state index contributed by atoms with van der Waals surface area (Å²) in [5.74, 6) is 1.27. The van der Waals surface area contributed by atoms with Crippen molar-refractivity contribution in [3.63, 3.8) is 0 Å². The maximum Gasteiger partial charge on any atom is 0.250 e. The van der Waals surface area contributed by atoms with E-state index < -0.39 is 0 Å². The summed E-state index contributed by atoms with van der Waals surface area (Å²) < 4.78 is 17.2. The first-order valence-electron chi connectivity index (χ1n) is 10.2. The summed E-state index contributed by atoms with van der Waals surface area (Å²) in [7, 11) is 1.65. The summed E-state index contributed by atoms with van der Waals surface area (Å²) in [6.07, 6.45) is 4.98. The molecule has 32 heavy (non-hydrogen) atoms. The molecule has 164 valence electrons. The molecule has 0 aliphatic rings.